The van der Waals surface area contributed by atoms with Crippen LogP contribution < -0.4 is 5.32 Å². The average molecular weight is 257 g/mol. The van der Waals surface area contributed by atoms with Crippen LogP contribution in [-0.2, 0) is 14.3 Å². The van der Waals surface area contributed by atoms with Gasteiger partial charge in [-0.2, -0.15) is 0 Å². The number of carbonyl (C=O) groups is 2. The number of likely N-dealkylation sites (N-methyl/N-ethyl adjacent to an activating group) is 1. The number of hydrogen-bond acceptors (Lipinski definition) is 4. The summed E-state index contributed by atoms with van der Waals surface area (Å²) in [6, 6.07) is 0.0788. The summed E-state index contributed by atoms with van der Waals surface area (Å²) in [5.74, 6) is -0.0160. The molecule has 0 aromatic heterocycles. The molecule has 1 rings (SSSR count). The Balaban J connectivity index is 2.51. The standard InChI is InChI=1S/C12H23N3O3/c1-4-5-13-10(9-18-3)6-15-8-11(16)14(2)7-12(15)17/h10,13H,4-9H2,1-3H3. The van der Waals surface area contributed by atoms with Gasteiger partial charge < -0.3 is 19.9 Å². The van der Waals surface area contributed by atoms with E-state index in [1.165, 1.54) is 4.90 Å². The number of amides is 2. The molecule has 1 N–H and O–H groups in total. The van der Waals surface area contributed by atoms with E-state index in [9.17, 15) is 9.59 Å². The van der Waals surface area contributed by atoms with Crippen molar-refractivity contribution in [2.45, 2.75) is 19.4 Å². The summed E-state index contributed by atoms with van der Waals surface area (Å²) in [7, 11) is 3.29. The predicted octanol–water partition coefficient (Wildman–Crippen LogP) is -0.698. The van der Waals surface area contributed by atoms with E-state index in [4.69, 9.17) is 4.74 Å². The highest BCUT2D eigenvalue weighted by atomic mass is 16.5. The van der Waals surface area contributed by atoms with Gasteiger partial charge in [0, 0.05) is 26.7 Å². The molecular formula is C12H23N3O3. The lowest BCUT2D eigenvalue weighted by Crippen LogP contribution is -2.56. The second kappa shape index (κ2) is 7.33. The molecule has 1 fully saturated rings. The van der Waals surface area contributed by atoms with Crippen molar-refractivity contribution in [1.82, 2.24) is 15.1 Å². The van der Waals surface area contributed by atoms with Gasteiger partial charge in [-0.25, -0.2) is 0 Å². The third kappa shape index (κ3) is 4.27. The smallest absolute Gasteiger partial charge is 0.242 e. The number of rotatable bonds is 7. The fourth-order valence-corrected chi connectivity index (χ4v) is 1.92. The third-order valence-corrected chi connectivity index (χ3v) is 2.97. The normalized spacial score (nSPS) is 18.4. The first-order chi connectivity index (χ1) is 8.58. The van der Waals surface area contributed by atoms with Gasteiger partial charge in [0.15, 0.2) is 0 Å². The number of ether oxygens (including phenoxy) is 1. The second-order valence-corrected chi connectivity index (χ2v) is 4.63. The van der Waals surface area contributed by atoms with E-state index in [2.05, 4.69) is 12.2 Å². The molecule has 0 bridgehead atoms. The summed E-state index contributed by atoms with van der Waals surface area (Å²) in [6.07, 6.45) is 1.02. The molecule has 0 radical (unpaired) electrons. The van der Waals surface area contributed by atoms with Gasteiger partial charge in [0.25, 0.3) is 0 Å². The molecule has 18 heavy (non-hydrogen) atoms. The minimum atomic E-state index is -0.0127. The number of nitrogens with one attached hydrogen (secondary N) is 1. The van der Waals surface area contributed by atoms with E-state index in [0.717, 1.165) is 13.0 Å². The second-order valence-electron chi connectivity index (χ2n) is 4.63. The Morgan fingerprint density at radius 2 is 2.06 bits per heavy atom. The molecule has 6 heteroatoms. The van der Waals surface area contributed by atoms with Crippen LogP contribution in [0.5, 0.6) is 0 Å². The third-order valence-electron chi connectivity index (χ3n) is 2.97. The SMILES string of the molecule is CCCNC(COC)CN1CC(=O)N(C)CC1=O. The Labute approximate surface area is 108 Å². The van der Waals surface area contributed by atoms with Gasteiger partial charge in [0.2, 0.25) is 11.8 Å². The van der Waals surface area contributed by atoms with Gasteiger partial charge in [-0.3, -0.25) is 9.59 Å². The zero-order chi connectivity index (χ0) is 13.5. The van der Waals surface area contributed by atoms with Crippen molar-refractivity contribution in [3.63, 3.8) is 0 Å². The topological polar surface area (TPSA) is 61.9 Å². The van der Waals surface area contributed by atoms with Gasteiger partial charge >= 0.3 is 0 Å². The Bertz CT molecular complexity index is 296. The molecule has 1 unspecified atom stereocenters. The first-order valence-corrected chi connectivity index (χ1v) is 6.32. The Kier molecular flexibility index (Phi) is 6.07. The van der Waals surface area contributed by atoms with Crippen LogP contribution in [0.3, 0.4) is 0 Å². The molecular weight excluding hydrogens is 234 g/mol. The van der Waals surface area contributed by atoms with Crippen molar-refractivity contribution in [2.24, 2.45) is 0 Å². The van der Waals surface area contributed by atoms with Crippen molar-refractivity contribution in [2.75, 3.05) is 46.9 Å². The summed E-state index contributed by atoms with van der Waals surface area (Å²) in [6.45, 7) is 4.36. The van der Waals surface area contributed by atoms with Gasteiger partial charge in [-0.1, -0.05) is 6.92 Å². The average Bonchev–Trinajstić information content (AvgIpc) is 2.33. The molecule has 104 valence electrons. The molecule has 1 aliphatic rings. The molecule has 1 aliphatic heterocycles. The lowest BCUT2D eigenvalue weighted by molar-refractivity contribution is -0.149. The maximum atomic E-state index is 11.8. The number of piperazine rings is 1. The van der Waals surface area contributed by atoms with Crippen LogP contribution >= 0.6 is 0 Å². The van der Waals surface area contributed by atoms with Crippen molar-refractivity contribution < 1.29 is 14.3 Å². The van der Waals surface area contributed by atoms with Crippen LogP contribution in [0, 0.1) is 0 Å². The van der Waals surface area contributed by atoms with Crippen molar-refractivity contribution in [3.8, 4) is 0 Å². The fourth-order valence-electron chi connectivity index (χ4n) is 1.92. The first-order valence-electron chi connectivity index (χ1n) is 6.32. The summed E-state index contributed by atoms with van der Waals surface area (Å²) in [5.41, 5.74) is 0. The minimum Gasteiger partial charge on any atom is -0.383 e. The van der Waals surface area contributed by atoms with Crippen molar-refractivity contribution in [1.29, 1.82) is 0 Å². The molecule has 0 aliphatic carbocycles. The summed E-state index contributed by atoms with van der Waals surface area (Å²) < 4.78 is 5.13. The molecule has 1 atom stereocenters. The predicted molar refractivity (Wildman–Crippen MR) is 68.2 cm³/mol. The van der Waals surface area contributed by atoms with E-state index < -0.39 is 0 Å². The maximum absolute atomic E-state index is 11.8. The zero-order valence-electron chi connectivity index (χ0n) is 11.4. The lowest BCUT2D eigenvalue weighted by atomic mass is 10.2. The van der Waals surface area contributed by atoms with Crippen LogP contribution in [0.25, 0.3) is 0 Å². The quantitative estimate of drug-likeness (QED) is 0.655. The minimum absolute atomic E-state index is 0.00324. The molecule has 2 amide bonds. The first kappa shape index (κ1) is 14.9. The van der Waals surface area contributed by atoms with Crippen LogP contribution in [0.1, 0.15) is 13.3 Å². The van der Waals surface area contributed by atoms with Gasteiger partial charge in [0.1, 0.15) is 0 Å². The molecule has 0 aromatic carbocycles. The Morgan fingerprint density at radius 1 is 1.33 bits per heavy atom. The number of nitrogens with zero attached hydrogens (tertiary/aromatic N) is 2. The summed E-state index contributed by atoms with van der Waals surface area (Å²) in [4.78, 5) is 26.5. The summed E-state index contributed by atoms with van der Waals surface area (Å²) in [5, 5.41) is 3.32. The highest BCUT2D eigenvalue weighted by Gasteiger charge is 2.28. The van der Waals surface area contributed by atoms with Crippen molar-refractivity contribution in [3.05, 3.63) is 0 Å². The summed E-state index contributed by atoms with van der Waals surface area (Å²) >= 11 is 0. The van der Waals surface area contributed by atoms with Gasteiger partial charge in [-0.05, 0) is 13.0 Å². The van der Waals surface area contributed by atoms with E-state index >= 15 is 0 Å². The van der Waals surface area contributed by atoms with Crippen LogP contribution in [-0.4, -0.2) is 74.6 Å². The van der Waals surface area contributed by atoms with Gasteiger partial charge in [-0.15, -0.1) is 0 Å². The molecule has 6 nitrogen and oxygen atoms in total. The van der Waals surface area contributed by atoms with E-state index in [1.54, 1.807) is 19.1 Å². The molecule has 0 spiro atoms. The maximum Gasteiger partial charge on any atom is 0.242 e. The zero-order valence-corrected chi connectivity index (χ0v) is 11.4. The molecule has 0 aromatic rings. The fraction of sp³-hybridized carbons (Fsp3) is 0.833. The monoisotopic (exact) mass is 257 g/mol. The van der Waals surface area contributed by atoms with Gasteiger partial charge in [0.05, 0.1) is 19.7 Å². The van der Waals surface area contributed by atoms with E-state index in [-0.39, 0.29) is 30.9 Å². The highest BCUT2D eigenvalue weighted by Crippen LogP contribution is 2.04. The van der Waals surface area contributed by atoms with Crippen LogP contribution in [0.4, 0.5) is 0 Å². The number of carbonyl (C=O) groups excluding carboxylic acids is 2. The highest BCUT2D eigenvalue weighted by molar-refractivity contribution is 5.92. The van der Waals surface area contributed by atoms with E-state index in [1.807, 2.05) is 0 Å². The van der Waals surface area contributed by atoms with Crippen LogP contribution in [0.15, 0.2) is 0 Å². The Morgan fingerprint density at radius 3 is 2.67 bits per heavy atom. The van der Waals surface area contributed by atoms with Crippen molar-refractivity contribution >= 4 is 11.8 Å². The van der Waals surface area contributed by atoms with E-state index in [0.29, 0.717) is 13.2 Å². The Hall–Kier alpha value is -1.14. The lowest BCUT2D eigenvalue weighted by Gasteiger charge is -2.34. The number of hydrogen-bond donors (Lipinski definition) is 1. The molecule has 1 saturated heterocycles. The molecule has 0 saturated carbocycles. The molecule has 1 heterocycles. The largest absolute Gasteiger partial charge is 0.383 e. The number of methoxy groups -OCH3 is 1. The van der Waals surface area contributed by atoms with Crippen LogP contribution in [0.2, 0.25) is 0 Å².